The molecule has 1 aliphatic carbocycles. The van der Waals surface area contributed by atoms with E-state index in [0.717, 1.165) is 46.5 Å². The molecular formula is C28H32N4O3. The third-order valence-corrected chi connectivity index (χ3v) is 6.59. The predicted octanol–water partition coefficient (Wildman–Crippen LogP) is 4.24. The molecule has 182 valence electrons. The van der Waals surface area contributed by atoms with Gasteiger partial charge in [-0.1, -0.05) is 12.1 Å². The maximum atomic E-state index is 13.4. The van der Waals surface area contributed by atoms with Crippen LogP contribution >= 0.6 is 0 Å². The van der Waals surface area contributed by atoms with Gasteiger partial charge in [-0.2, -0.15) is 0 Å². The van der Waals surface area contributed by atoms with Crippen LogP contribution in [0.25, 0.3) is 11.1 Å². The standard InChI is InChI=1S/C28H32N4O3/c1-5-32(28(35)20-6-7-20)25-14-21(19-8-10-22(29)11-9-19)13-23(18(25)4)26(33)30-15-24-16(2)12-17(3)31-27(24)34/h8-14,20H,5-7,15,29H2,1-4H3,(H,30,33)(H,31,34). The minimum Gasteiger partial charge on any atom is -0.399 e. The van der Waals surface area contributed by atoms with Crippen LogP contribution in [0.3, 0.4) is 0 Å². The predicted molar refractivity (Wildman–Crippen MR) is 139 cm³/mol. The first kappa shape index (κ1) is 24.3. The highest BCUT2D eigenvalue weighted by atomic mass is 16.2. The normalized spacial score (nSPS) is 12.9. The number of carbonyl (C=O) groups excluding carboxylic acids is 2. The van der Waals surface area contributed by atoms with Crippen molar-refractivity contribution in [3.05, 3.63) is 80.8 Å². The number of anilines is 2. The van der Waals surface area contributed by atoms with Gasteiger partial charge < -0.3 is 20.9 Å². The number of amides is 2. The van der Waals surface area contributed by atoms with Crippen molar-refractivity contribution in [2.45, 2.75) is 47.1 Å². The Kier molecular flexibility index (Phi) is 6.78. The molecule has 35 heavy (non-hydrogen) atoms. The van der Waals surface area contributed by atoms with Crippen LogP contribution in [0.15, 0.2) is 47.3 Å². The molecule has 7 nitrogen and oxygen atoms in total. The molecule has 1 aromatic heterocycles. The molecular weight excluding hydrogens is 440 g/mol. The Hall–Kier alpha value is -3.87. The summed E-state index contributed by atoms with van der Waals surface area (Å²) >= 11 is 0. The van der Waals surface area contributed by atoms with Crippen molar-refractivity contribution in [3.63, 3.8) is 0 Å². The number of benzene rings is 2. The highest BCUT2D eigenvalue weighted by molar-refractivity contribution is 6.03. The summed E-state index contributed by atoms with van der Waals surface area (Å²) in [6.45, 7) is 8.12. The number of pyridine rings is 1. The van der Waals surface area contributed by atoms with Crippen molar-refractivity contribution in [2.75, 3.05) is 17.2 Å². The number of hydrogen-bond donors (Lipinski definition) is 3. The number of nitrogens with two attached hydrogens (primary N) is 1. The summed E-state index contributed by atoms with van der Waals surface area (Å²) in [6, 6.07) is 13.1. The first-order valence-electron chi connectivity index (χ1n) is 12.0. The molecule has 1 saturated carbocycles. The summed E-state index contributed by atoms with van der Waals surface area (Å²) in [5.41, 5.74) is 12.1. The van der Waals surface area contributed by atoms with Crippen molar-refractivity contribution in [2.24, 2.45) is 5.92 Å². The van der Waals surface area contributed by atoms with Gasteiger partial charge in [-0.15, -0.1) is 0 Å². The minimum atomic E-state index is -0.296. The van der Waals surface area contributed by atoms with E-state index < -0.39 is 0 Å². The highest BCUT2D eigenvalue weighted by Crippen LogP contribution is 2.36. The molecule has 0 saturated heterocycles. The third kappa shape index (κ3) is 5.14. The number of carbonyl (C=O) groups is 2. The summed E-state index contributed by atoms with van der Waals surface area (Å²) in [5, 5.41) is 2.91. The molecule has 0 bridgehead atoms. The molecule has 0 unspecified atom stereocenters. The molecule has 0 atom stereocenters. The molecule has 1 fully saturated rings. The first-order valence-corrected chi connectivity index (χ1v) is 12.0. The van der Waals surface area contributed by atoms with Gasteiger partial charge in [-0.3, -0.25) is 14.4 Å². The fraction of sp³-hybridized carbons (Fsp3) is 0.321. The lowest BCUT2D eigenvalue weighted by atomic mass is 9.96. The zero-order valence-electron chi connectivity index (χ0n) is 20.7. The summed E-state index contributed by atoms with van der Waals surface area (Å²) in [5.74, 6) is -0.142. The topological polar surface area (TPSA) is 108 Å². The lowest BCUT2D eigenvalue weighted by Gasteiger charge is -2.25. The van der Waals surface area contributed by atoms with Crippen molar-refractivity contribution < 1.29 is 9.59 Å². The molecule has 2 amide bonds. The smallest absolute Gasteiger partial charge is 0.253 e. The van der Waals surface area contributed by atoms with Gasteiger partial charge in [0.25, 0.3) is 11.5 Å². The van der Waals surface area contributed by atoms with Gasteiger partial charge in [0.05, 0.1) is 0 Å². The SMILES string of the molecule is CCN(C(=O)C1CC1)c1cc(-c2ccc(N)cc2)cc(C(=O)NCc2c(C)cc(C)[nH]c2=O)c1C. The number of aryl methyl sites for hydroxylation is 2. The van der Waals surface area contributed by atoms with E-state index in [1.807, 2.05) is 70.2 Å². The molecule has 3 aromatic rings. The molecule has 0 spiro atoms. The van der Waals surface area contributed by atoms with Crippen molar-refractivity contribution >= 4 is 23.2 Å². The molecule has 4 rings (SSSR count). The van der Waals surface area contributed by atoms with Gasteiger partial charge in [0.2, 0.25) is 5.91 Å². The summed E-state index contributed by atoms with van der Waals surface area (Å²) in [6.07, 6.45) is 1.81. The van der Waals surface area contributed by atoms with Crippen molar-refractivity contribution in [1.82, 2.24) is 10.3 Å². The van der Waals surface area contributed by atoms with E-state index in [1.165, 1.54) is 0 Å². The maximum absolute atomic E-state index is 13.4. The lowest BCUT2D eigenvalue weighted by Crippen LogP contribution is -2.33. The van der Waals surface area contributed by atoms with Crippen molar-refractivity contribution in [3.8, 4) is 11.1 Å². The van der Waals surface area contributed by atoms with Crippen molar-refractivity contribution in [1.29, 1.82) is 0 Å². The zero-order valence-corrected chi connectivity index (χ0v) is 20.7. The summed E-state index contributed by atoms with van der Waals surface area (Å²) in [4.78, 5) is 43.4. The number of aromatic amines is 1. The molecule has 1 aliphatic rings. The fourth-order valence-electron chi connectivity index (χ4n) is 4.42. The van der Waals surface area contributed by atoms with Crippen LogP contribution in [0.4, 0.5) is 11.4 Å². The van der Waals surface area contributed by atoms with E-state index in [9.17, 15) is 14.4 Å². The summed E-state index contributed by atoms with van der Waals surface area (Å²) < 4.78 is 0. The van der Waals surface area contributed by atoms with Crippen LogP contribution in [0.5, 0.6) is 0 Å². The Morgan fingerprint density at radius 3 is 2.34 bits per heavy atom. The largest absolute Gasteiger partial charge is 0.399 e. The van der Waals surface area contributed by atoms with E-state index in [0.29, 0.717) is 23.4 Å². The number of rotatable bonds is 7. The fourth-order valence-corrected chi connectivity index (χ4v) is 4.42. The monoisotopic (exact) mass is 472 g/mol. The van der Waals surface area contributed by atoms with Crippen LogP contribution in [0.1, 0.15) is 52.5 Å². The second-order valence-electron chi connectivity index (χ2n) is 9.27. The van der Waals surface area contributed by atoms with Crippen LogP contribution in [-0.2, 0) is 11.3 Å². The molecule has 0 aliphatic heterocycles. The molecule has 2 aromatic carbocycles. The second kappa shape index (κ2) is 9.78. The van der Waals surface area contributed by atoms with E-state index >= 15 is 0 Å². The second-order valence-corrected chi connectivity index (χ2v) is 9.27. The third-order valence-electron chi connectivity index (χ3n) is 6.59. The van der Waals surface area contributed by atoms with E-state index in [4.69, 9.17) is 5.73 Å². The number of nitrogens with one attached hydrogen (secondary N) is 2. The summed E-state index contributed by atoms with van der Waals surface area (Å²) in [7, 11) is 0. The Morgan fingerprint density at radius 1 is 1.06 bits per heavy atom. The van der Waals surface area contributed by atoms with Gasteiger partial charge in [0.15, 0.2) is 0 Å². The van der Waals surface area contributed by atoms with Crippen LogP contribution < -0.4 is 21.5 Å². The zero-order chi connectivity index (χ0) is 25.3. The lowest BCUT2D eigenvalue weighted by molar-refractivity contribution is -0.119. The number of H-pyrrole nitrogens is 1. The Balaban J connectivity index is 1.74. The minimum absolute atomic E-state index is 0.0584. The van der Waals surface area contributed by atoms with E-state index in [2.05, 4.69) is 10.3 Å². The molecule has 4 N–H and O–H groups in total. The van der Waals surface area contributed by atoms with Crippen LogP contribution in [-0.4, -0.2) is 23.3 Å². The van der Waals surface area contributed by atoms with Crippen LogP contribution in [0.2, 0.25) is 0 Å². The van der Waals surface area contributed by atoms with E-state index in [-0.39, 0.29) is 29.8 Å². The van der Waals surface area contributed by atoms with Crippen LogP contribution in [0, 0.1) is 26.7 Å². The first-order chi connectivity index (χ1) is 16.7. The Labute approximate surface area is 205 Å². The number of aromatic nitrogens is 1. The number of hydrogen-bond acceptors (Lipinski definition) is 4. The van der Waals surface area contributed by atoms with Gasteiger partial charge >= 0.3 is 0 Å². The quantitative estimate of drug-likeness (QED) is 0.447. The molecule has 1 heterocycles. The number of nitrogen functional groups attached to an aromatic ring is 1. The highest BCUT2D eigenvalue weighted by Gasteiger charge is 2.34. The Bertz CT molecular complexity index is 1340. The average molecular weight is 473 g/mol. The number of nitrogens with zero attached hydrogens (tertiary/aromatic N) is 1. The molecule has 7 heteroatoms. The molecule has 0 radical (unpaired) electrons. The van der Waals surface area contributed by atoms with Gasteiger partial charge in [-0.25, -0.2) is 0 Å². The van der Waals surface area contributed by atoms with E-state index in [1.54, 1.807) is 4.90 Å². The van der Waals surface area contributed by atoms with Gasteiger partial charge in [0.1, 0.15) is 0 Å². The maximum Gasteiger partial charge on any atom is 0.253 e. The Morgan fingerprint density at radius 2 is 1.74 bits per heavy atom. The van der Waals surface area contributed by atoms with Gasteiger partial charge in [0, 0.05) is 47.2 Å². The van der Waals surface area contributed by atoms with Gasteiger partial charge in [-0.05, 0) is 93.1 Å². The average Bonchev–Trinajstić information content (AvgIpc) is 3.66.